The second-order valence-electron chi connectivity index (χ2n) is 4.49. The Kier molecular flexibility index (Phi) is 10.8. The van der Waals surface area contributed by atoms with Crippen molar-refractivity contribution in [1.82, 2.24) is 10.6 Å². The number of hydrogen-bond donors (Lipinski definition) is 4. The summed E-state index contributed by atoms with van der Waals surface area (Å²) in [4.78, 5) is 21.7. The second-order valence-corrected chi connectivity index (χ2v) is 6.54. The number of aliphatic carboxylic acids is 1. The molecule has 0 fully saturated rings. The molecule has 0 aromatic heterocycles. The number of carbonyl (C=O) groups excluding carboxylic acids is 1. The maximum absolute atomic E-state index is 12.2. The van der Waals surface area contributed by atoms with Crippen molar-refractivity contribution in [2.45, 2.75) is 39.2 Å². The van der Waals surface area contributed by atoms with E-state index in [4.69, 9.17) is 19.9 Å². The number of primary amides is 1. The van der Waals surface area contributed by atoms with Crippen molar-refractivity contribution in [1.29, 1.82) is 0 Å². The number of carbonyl (C=O) groups is 2. The van der Waals surface area contributed by atoms with Gasteiger partial charge in [-0.3, -0.25) is 14.7 Å². The zero-order valence-corrected chi connectivity index (χ0v) is 13.9. The molecule has 0 spiro atoms. The molecule has 2 amide bonds. The third-order valence-corrected chi connectivity index (χ3v) is 4.57. The zero-order valence-electron chi connectivity index (χ0n) is 13.0. The molecule has 0 rings (SSSR count). The number of carboxylic acids is 1. The van der Waals surface area contributed by atoms with Crippen molar-refractivity contribution < 1.29 is 28.3 Å². The maximum atomic E-state index is 12.2. The first-order valence-electron chi connectivity index (χ1n) is 7.22. The van der Waals surface area contributed by atoms with Crippen LogP contribution in [0.25, 0.3) is 0 Å². The van der Waals surface area contributed by atoms with Crippen LogP contribution in [0.5, 0.6) is 0 Å². The van der Waals surface area contributed by atoms with E-state index in [2.05, 4.69) is 10.6 Å². The summed E-state index contributed by atoms with van der Waals surface area (Å²) in [5, 5.41) is 14.3. The third kappa shape index (κ3) is 9.73. The summed E-state index contributed by atoms with van der Waals surface area (Å²) >= 11 is 0. The van der Waals surface area contributed by atoms with E-state index in [0.717, 1.165) is 0 Å². The summed E-state index contributed by atoms with van der Waals surface area (Å²) in [5.74, 6) is -1.04. The molecule has 0 aromatic rings. The largest absolute Gasteiger partial charge is 0.480 e. The van der Waals surface area contributed by atoms with Crippen LogP contribution in [0.1, 0.15) is 33.1 Å². The van der Waals surface area contributed by atoms with Gasteiger partial charge in [-0.15, -0.1) is 0 Å². The Morgan fingerprint density at radius 2 is 1.82 bits per heavy atom. The van der Waals surface area contributed by atoms with Crippen LogP contribution in [0.3, 0.4) is 0 Å². The van der Waals surface area contributed by atoms with E-state index in [1.807, 2.05) is 0 Å². The van der Waals surface area contributed by atoms with E-state index in [1.54, 1.807) is 13.8 Å². The van der Waals surface area contributed by atoms with Crippen LogP contribution in [0.2, 0.25) is 0 Å². The zero-order chi connectivity index (χ0) is 17.0. The van der Waals surface area contributed by atoms with Gasteiger partial charge in [-0.25, -0.2) is 4.79 Å². The van der Waals surface area contributed by atoms with Crippen LogP contribution in [0, 0.1) is 0 Å². The van der Waals surface area contributed by atoms with Gasteiger partial charge in [-0.05, 0) is 33.1 Å². The number of amides is 2. The Labute approximate surface area is 130 Å². The highest BCUT2D eigenvalue weighted by Gasteiger charge is 2.26. The van der Waals surface area contributed by atoms with Crippen molar-refractivity contribution in [2.24, 2.45) is 5.73 Å². The van der Waals surface area contributed by atoms with Gasteiger partial charge in [0.2, 0.25) is 0 Å². The molecular formula is C12H26N3O6P. The number of unbranched alkanes of at least 4 members (excludes halogenated alkanes) is 1. The molecular weight excluding hydrogens is 313 g/mol. The fourth-order valence-corrected chi connectivity index (χ4v) is 3.23. The van der Waals surface area contributed by atoms with E-state index in [1.165, 1.54) is 0 Å². The molecule has 5 N–H and O–H groups in total. The summed E-state index contributed by atoms with van der Waals surface area (Å²) in [6.45, 7) is 4.20. The molecule has 22 heavy (non-hydrogen) atoms. The quantitative estimate of drug-likeness (QED) is 0.291. The summed E-state index contributed by atoms with van der Waals surface area (Å²) in [6, 6.07) is -1.47. The molecule has 10 heteroatoms. The van der Waals surface area contributed by atoms with Crippen molar-refractivity contribution in [3.8, 4) is 0 Å². The lowest BCUT2D eigenvalue weighted by Crippen LogP contribution is -2.37. The minimum Gasteiger partial charge on any atom is -0.480 e. The lowest BCUT2D eigenvalue weighted by Gasteiger charge is -2.20. The van der Waals surface area contributed by atoms with E-state index in [9.17, 15) is 14.2 Å². The first-order valence-corrected chi connectivity index (χ1v) is 8.95. The number of rotatable bonds is 13. The minimum atomic E-state index is -3.32. The molecule has 0 heterocycles. The Hall–Kier alpha value is -1.15. The fourth-order valence-electron chi connectivity index (χ4n) is 1.74. The van der Waals surface area contributed by atoms with Crippen LogP contribution in [-0.2, 0) is 18.4 Å². The van der Waals surface area contributed by atoms with Gasteiger partial charge in [-0.2, -0.15) is 0 Å². The van der Waals surface area contributed by atoms with Crippen molar-refractivity contribution in [3.63, 3.8) is 0 Å². The summed E-state index contributed by atoms with van der Waals surface area (Å²) < 4.78 is 22.4. The number of nitrogens with one attached hydrogen (secondary N) is 2. The van der Waals surface area contributed by atoms with Gasteiger partial charge in [0.15, 0.2) is 0 Å². The van der Waals surface area contributed by atoms with Crippen molar-refractivity contribution in [2.75, 3.05) is 26.0 Å². The van der Waals surface area contributed by atoms with Crippen molar-refractivity contribution in [3.05, 3.63) is 0 Å². The average molecular weight is 339 g/mol. The Morgan fingerprint density at radius 3 is 2.27 bits per heavy atom. The predicted molar refractivity (Wildman–Crippen MR) is 81.7 cm³/mol. The second kappa shape index (κ2) is 11.4. The van der Waals surface area contributed by atoms with Crippen LogP contribution in [-0.4, -0.2) is 49.2 Å². The van der Waals surface area contributed by atoms with Crippen LogP contribution < -0.4 is 16.4 Å². The topological polar surface area (TPSA) is 140 Å². The third-order valence-electron chi connectivity index (χ3n) is 2.70. The smallest absolute Gasteiger partial charge is 0.344 e. The summed E-state index contributed by atoms with van der Waals surface area (Å²) in [6.07, 6.45) is 1.33. The van der Waals surface area contributed by atoms with E-state index in [-0.39, 0.29) is 19.5 Å². The number of hydrogen-bond acceptors (Lipinski definition) is 6. The molecule has 0 saturated heterocycles. The number of nitrogens with two attached hydrogens (primary N) is 1. The molecule has 1 atom stereocenters. The van der Waals surface area contributed by atoms with Crippen LogP contribution in [0.15, 0.2) is 0 Å². The van der Waals surface area contributed by atoms with Gasteiger partial charge < -0.3 is 25.2 Å². The molecule has 9 nitrogen and oxygen atoms in total. The highest BCUT2D eigenvalue weighted by Crippen LogP contribution is 2.46. The molecule has 0 aliphatic carbocycles. The average Bonchev–Trinajstić information content (AvgIpc) is 2.41. The number of urea groups is 1. The van der Waals surface area contributed by atoms with E-state index >= 15 is 0 Å². The predicted octanol–water partition coefficient (Wildman–Crippen LogP) is 1.09. The summed E-state index contributed by atoms with van der Waals surface area (Å²) in [7, 11) is -3.32. The molecule has 0 aromatic carbocycles. The molecule has 130 valence electrons. The lowest BCUT2D eigenvalue weighted by atomic mass is 10.1. The van der Waals surface area contributed by atoms with Gasteiger partial charge >= 0.3 is 19.6 Å². The molecule has 0 unspecified atom stereocenters. The van der Waals surface area contributed by atoms with Crippen LogP contribution >= 0.6 is 7.60 Å². The van der Waals surface area contributed by atoms with Crippen LogP contribution in [0.4, 0.5) is 4.79 Å². The fraction of sp³-hybridized carbons (Fsp3) is 0.833. The Morgan fingerprint density at radius 1 is 1.23 bits per heavy atom. The van der Waals surface area contributed by atoms with Gasteiger partial charge in [0.25, 0.3) is 0 Å². The monoisotopic (exact) mass is 339 g/mol. The first-order chi connectivity index (χ1) is 10.3. The SMILES string of the molecule is CCOP(=O)(CN[C@@H](CCCCNC(N)=O)C(=O)O)OCC. The normalized spacial score (nSPS) is 12.8. The highest BCUT2D eigenvalue weighted by atomic mass is 31.2. The Bertz CT molecular complexity index is 383. The molecule has 0 saturated carbocycles. The van der Waals surface area contributed by atoms with Gasteiger partial charge in [0.05, 0.1) is 19.5 Å². The van der Waals surface area contributed by atoms with Gasteiger partial charge in [-0.1, -0.05) is 0 Å². The lowest BCUT2D eigenvalue weighted by molar-refractivity contribution is -0.139. The molecule has 0 bridgehead atoms. The maximum Gasteiger partial charge on any atom is 0.344 e. The molecule has 0 aliphatic heterocycles. The summed E-state index contributed by atoms with van der Waals surface area (Å²) in [5.41, 5.74) is 4.92. The minimum absolute atomic E-state index is 0.162. The van der Waals surface area contributed by atoms with Crippen molar-refractivity contribution >= 4 is 19.6 Å². The highest BCUT2D eigenvalue weighted by molar-refractivity contribution is 7.53. The number of carboxylic acid groups (broad SMARTS) is 1. The standard InChI is InChI=1S/C12H26N3O6P/c1-3-20-22(19,21-4-2)9-15-10(11(16)17)7-5-6-8-14-12(13)18/h10,15H,3-9H2,1-2H3,(H,16,17)(H3,13,14,18)/t10-/m0/s1. The molecule has 0 radical (unpaired) electrons. The van der Waals surface area contributed by atoms with E-state index < -0.39 is 25.6 Å². The molecule has 0 aliphatic rings. The first kappa shape index (κ1) is 20.9. The van der Waals surface area contributed by atoms with Gasteiger partial charge in [0, 0.05) is 6.54 Å². The Balaban J connectivity index is 4.25. The van der Waals surface area contributed by atoms with E-state index in [0.29, 0.717) is 25.8 Å². The van der Waals surface area contributed by atoms with Gasteiger partial charge in [0.1, 0.15) is 6.04 Å².